The summed E-state index contributed by atoms with van der Waals surface area (Å²) in [5, 5.41) is 2.22. The van der Waals surface area contributed by atoms with Crippen molar-refractivity contribution in [2.24, 2.45) is 24.8 Å². The molecule has 3 atom stereocenters. The molecule has 0 radical (unpaired) electrons. The third kappa shape index (κ3) is 3.63. The van der Waals surface area contributed by atoms with Crippen LogP contribution in [0.2, 0.25) is 0 Å². The molecule has 6 heteroatoms. The lowest BCUT2D eigenvalue weighted by molar-refractivity contribution is -0.149. The van der Waals surface area contributed by atoms with Gasteiger partial charge in [0.1, 0.15) is 5.69 Å². The van der Waals surface area contributed by atoms with Crippen LogP contribution >= 0.6 is 0 Å². The summed E-state index contributed by atoms with van der Waals surface area (Å²) in [7, 11) is 1.72. The van der Waals surface area contributed by atoms with Gasteiger partial charge >= 0.3 is 5.97 Å². The van der Waals surface area contributed by atoms with E-state index in [4.69, 9.17) is 4.74 Å². The molecule has 1 N–H and O–H groups in total. The Morgan fingerprint density at radius 1 is 1.30 bits per heavy atom. The second kappa shape index (κ2) is 6.56. The van der Waals surface area contributed by atoms with E-state index in [1.165, 1.54) is 19.3 Å². The summed E-state index contributed by atoms with van der Waals surface area (Å²) < 4.78 is 6.63. The Balaban J connectivity index is 1.39. The molecule has 2 aliphatic rings. The van der Waals surface area contributed by atoms with Crippen LogP contribution in [0.25, 0.3) is 0 Å². The van der Waals surface area contributed by atoms with Gasteiger partial charge in [0.2, 0.25) is 0 Å². The number of amides is 2. The number of rotatable bonds is 5. The van der Waals surface area contributed by atoms with Crippen LogP contribution in [0.4, 0.5) is 0 Å². The highest BCUT2D eigenvalue weighted by atomic mass is 16.5. The van der Waals surface area contributed by atoms with Gasteiger partial charge in [0.05, 0.1) is 0 Å². The smallest absolute Gasteiger partial charge is 0.306 e. The maximum Gasteiger partial charge on any atom is 0.306 e. The standard InChI is InChI=1S/C17H22N2O4/c1-19-6-2-3-14(19)17(22)18-15(20)10-23-16(21)9-13-8-11-4-5-12(13)7-11/h2-3,6,11-13H,4-5,7-10H2,1H3,(H,18,20,22)/t11-,12-,13-/m1/s1. The number of imide groups is 1. The molecule has 3 rings (SSSR count). The van der Waals surface area contributed by atoms with E-state index >= 15 is 0 Å². The topological polar surface area (TPSA) is 77.4 Å². The Morgan fingerprint density at radius 3 is 2.74 bits per heavy atom. The van der Waals surface area contributed by atoms with E-state index in [0.29, 0.717) is 24.0 Å². The maximum atomic E-state index is 11.9. The normalized spacial score (nSPS) is 25.3. The molecule has 2 fully saturated rings. The molecule has 2 saturated carbocycles. The van der Waals surface area contributed by atoms with Gasteiger partial charge in [-0.15, -0.1) is 0 Å². The van der Waals surface area contributed by atoms with E-state index in [2.05, 4.69) is 5.32 Å². The minimum absolute atomic E-state index is 0.344. The number of hydrogen-bond acceptors (Lipinski definition) is 4. The van der Waals surface area contributed by atoms with E-state index in [1.807, 2.05) is 0 Å². The lowest BCUT2D eigenvalue weighted by Crippen LogP contribution is -2.35. The fourth-order valence-corrected chi connectivity index (χ4v) is 3.97. The molecule has 1 aromatic rings. The highest BCUT2D eigenvalue weighted by Crippen LogP contribution is 2.49. The lowest BCUT2D eigenvalue weighted by Gasteiger charge is -2.20. The number of nitrogens with one attached hydrogen (secondary N) is 1. The van der Waals surface area contributed by atoms with Crippen LogP contribution in [0.3, 0.4) is 0 Å². The van der Waals surface area contributed by atoms with E-state index in [-0.39, 0.29) is 5.97 Å². The zero-order valence-corrected chi connectivity index (χ0v) is 13.3. The average Bonchev–Trinajstić information content (AvgIpc) is 3.21. The van der Waals surface area contributed by atoms with E-state index in [0.717, 1.165) is 12.3 Å². The number of aromatic nitrogens is 1. The molecule has 124 valence electrons. The molecule has 2 aliphatic carbocycles. The summed E-state index contributed by atoms with van der Waals surface area (Å²) in [5.74, 6) is 0.409. The zero-order chi connectivity index (χ0) is 16.4. The highest BCUT2D eigenvalue weighted by molar-refractivity contribution is 6.04. The molecule has 1 aromatic heterocycles. The molecule has 2 bridgehead atoms. The molecule has 2 amide bonds. The van der Waals surface area contributed by atoms with Gasteiger partial charge in [0.25, 0.3) is 11.8 Å². The Bertz CT molecular complexity index is 622. The summed E-state index contributed by atoms with van der Waals surface area (Å²) in [5.41, 5.74) is 0.381. The fraction of sp³-hybridized carbons (Fsp3) is 0.588. The van der Waals surface area contributed by atoms with Crippen LogP contribution in [-0.2, 0) is 21.4 Å². The quantitative estimate of drug-likeness (QED) is 0.838. The van der Waals surface area contributed by atoms with Gasteiger partial charge in [-0.3, -0.25) is 19.7 Å². The van der Waals surface area contributed by atoms with Crippen LogP contribution in [0.15, 0.2) is 18.3 Å². The lowest BCUT2D eigenvalue weighted by atomic mass is 9.86. The highest BCUT2D eigenvalue weighted by Gasteiger charge is 2.40. The molecule has 23 heavy (non-hydrogen) atoms. The van der Waals surface area contributed by atoms with Gasteiger partial charge in [-0.2, -0.15) is 0 Å². The second-order valence-corrected chi connectivity index (χ2v) is 6.68. The predicted octanol–water partition coefficient (Wildman–Crippen LogP) is 1.65. The Morgan fingerprint density at radius 2 is 2.13 bits per heavy atom. The van der Waals surface area contributed by atoms with Gasteiger partial charge in [0.15, 0.2) is 6.61 Å². The molecule has 0 saturated heterocycles. The van der Waals surface area contributed by atoms with Crippen molar-refractivity contribution in [1.82, 2.24) is 9.88 Å². The van der Waals surface area contributed by atoms with Crippen LogP contribution in [0.1, 0.15) is 42.6 Å². The van der Waals surface area contributed by atoms with Crippen molar-refractivity contribution in [3.8, 4) is 0 Å². The number of hydrogen-bond donors (Lipinski definition) is 1. The van der Waals surface area contributed by atoms with E-state index in [1.54, 1.807) is 29.9 Å². The van der Waals surface area contributed by atoms with Crippen molar-refractivity contribution in [2.75, 3.05) is 6.61 Å². The molecule has 0 spiro atoms. The summed E-state index contributed by atoms with van der Waals surface area (Å²) in [6.45, 7) is -0.407. The first kappa shape index (κ1) is 15.8. The predicted molar refractivity (Wildman–Crippen MR) is 82.4 cm³/mol. The monoisotopic (exact) mass is 318 g/mol. The van der Waals surface area contributed by atoms with Crippen LogP contribution in [0, 0.1) is 17.8 Å². The van der Waals surface area contributed by atoms with Crippen LogP contribution in [0.5, 0.6) is 0 Å². The van der Waals surface area contributed by atoms with E-state index in [9.17, 15) is 14.4 Å². The van der Waals surface area contributed by atoms with Gasteiger partial charge < -0.3 is 9.30 Å². The molecule has 0 unspecified atom stereocenters. The summed E-state index contributed by atoms with van der Waals surface area (Å²) >= 11 is 0. The number of carbonyl (C=O) groups is 3. The number of ether oxygens (including phenoxy) is 1. The summed E-state index contributed by atoms with van der Waals surface area (Å²) in [6, 6.07) is 3.33. The van der Waals surface area contributed by atoms with Crippen molar-refractivity contribution in [2.45, 2.75) is 32.1 Å². The SMILES string of the molecule is Cn1cccc1C(=O)NC(=O)COC(=O)C[C@H]1C[C@@H]2CC[C@@H]1C2. The Hall–Kier alpha value is -2.11. The number of carbonyl (C=O) groups excluding carboxylic acids is 3. The van der Waals surface area contributed by atoms with Crippen LogP contribution in [-0.4, -0.2) is 29.0 Å². The number of esters is 1. The fourth-order valence-electron chi connectivity index (χ4n) is 3.97. The molecular weight excluding hydrogens is 296 g/mol. The first-order chi connectivity index (χ1) is 11.0. The largest absolute Gasteiger partial charge is 0.456 e. The molecular formula is C17H22N2O4. The van der Waals surface area contributed by atoms with Gasteiger partial charge in [0, 0.05) is 19.7 Å². The molecule has 1 heterocycles. The number of nitrogens with zero attached hydrogens (tertiary/aromatic N) is 1. The first-order valence-corrected chi connectivity index (χ1v) is 8.14. The second-order valence-electron chi connectivity index (χ2n) is 6.68. The van der Waals surface area contributed by atoms with Crippen molar-refractivity contribution in [3.05, 3.63) is 24.0 Å². The maximum absolute atomic E-state index is 11.9. The average molecular weight is 318 g/mol. The molecule has 0 aromatic carbocycles. The Labute approximate surface area is 135 Å². The van der Waals surface area contributed by atoms with E-state index < -0.39 is 18.4 Å². The van der Waals surface area contributed by atoms with Gasteiger partial charge in [-0.05, 0) is 49.1 Å². The van der Waals surface area contributed by atoms with Gasteiger partial charge in [-0.25, -0.2) is 0 Å². The van der Waals surface area contributed by atoms with Crippen molar-refractivity contribution >= 4 is 17.8 Å². The Kier molecular flexibility index (Phi) is 4.50. The minimum Gasteiger partial charge on any atom is -0.456 e. The van der Waals surface area contributed by atoms with Crippen molar-refractivity contribution in [1.29, 1.82) is 0 Å². The third-order valence-electron chi connectivity index (χ3n) is 5.11. The molecule has 0 aliphatic heterocycles. The summed E-state index contributed by atoms with van der Waals surface area (Å²) in [4.78, 5) is 35.4. The number of fused-ring (bicyclic) bond motifs is 2. The van der Waals surface area contributed by atoms with Crippen LogP contribution < -0.4 is 5.32 Å². The van der Waals surface area contributed by atoms with Crippen molar-refractivity contribution < 1.29 is 19.1 Å². The summed E-state index contributed by atoms with van der Waals surface area (Å²) in [6.07, 6.45) is 6.96. The zero-order valence-electron chi connectivity index (χ0n) is 13.3. The van der Waals surface area contributed by atoms with Gasteiger partial charge in [-0.1, -0.05) is 6.42 Å². The van der Waals surface area contributed by atoms with Crippen molar-refractivity contribution in [3.63, 3.8) is 0 Å². The molecule has 6 nitrogen and oxygen atoms in total. The first-order valence-electron chi connectivity index (χ1n) is 8.14. The number of aryl methyl sites for hydroxylation is 1. The minimum atomic E-state index is -0.600. The third-order valence-corrected chi connectivity index (χ3v) is 5.11.